The van der Waals surface area contributed by atoms with Gasteiger partial charge in [-0.3, -0.25) is 4.79 Å². The van der Waals surface area contributed by atoms with Crippen molar-refractivity contribution in [2.75, 3.05) is 0 Å². The van der Waals surface area contributed by atoms with Gasteiger partial charge in [0.1, 0.15) is 5.78 Å². The van der Waals surface area contributed by atoms with Gasteiger partial charge in [0, 0.05) is 12.3 Å². The third-order valence-corrected chi connectivity index (χ3v) is 5.80. The van der Waals surface area contributed by atoms with Crippen molar-refractivity contribution in [3.05, 3.63) is 75.9 Å². The van der Waals surface area contributed by atoms with Gasteiger partial charge in [0.25, 0.3) is 0 Å². The van der Waals surface area contributed by atoms with E-state index in [4.69, 9.17) is 0 Å². The molecule has 0 N–H and O–H groups in total. The molecule has 0 fully saturated rings. The third kappa shape index (κ3) is 7.59. The second kappa shape index (κ2) is 13.2. The molecule has 1 nitrogen and oxygen atoms in total. The van der Waals surface area contributed by atoms with Crippen molar-refractivity contribution in [1.29, 1.82) is 0 Å². The number of carbonyl (C=O) groups is 1. The molecular formula is C29H42O. The molecule has 2 rings (SSSR count). The van der Waals surface area contributed by atoms with Crippen LogP contribution in [0.5, 0.6) is 0 Å². The first-order chi connectivity index (χ1) is 14.3. The highest BCUT2D eigenvalue weighted by Crippen LogP contribution is 2.24. The summed E-state index contributed by atoms with van der Waals surface area (Å²) in [6.07, 6.45) is 6.99. The molecule has 0 aromatic heterocycles. The van der Waals surface area contributed by atoms with Crippen molar-refractivity contribution < 1.29 is 4.79 Å². The second-order valence-corrected chi connectivity index (χ2v) is 8.24. The predicted octanol–water partition coefficient (Wildman–Crippen LogP) is 8.09. The van der Waals surface area contributed by atoms with Gasteiger partial charge in [-0.2, -0.15) is 0 Å². The number of rotatable bonds is 9. The predicted molar refractivity (Wildman–Crippen MR) is 133 cm³/mol. The molecule has 2 aromatic rings. The van der Waals surface area contributed by atoms with E-state index in [1.54, 1.807) is 0 Å². The Balaban J connectivity index is 0.00000218. The topological polar surface area (TPSA) is 17.1 Å². The monoisotopic (exact) mass is 406 g/mol. The minimum absolute atomic E-state index is 0.0183. The second-order valence-electron chi connectivity index (χ2n) is 8.24. The minimum atomic E-state index is 0.0183. The Morgan fingerprint density at radius 3 is 2.37 bits per heavy atom. The van der Waals surface area contributed by atoms with E-state index >= 15 is 0 Å². The zero-order valence-corrected chi connectivity index (χ0v) is 20.6. The van der Waals surface area contributed by atoms with Gasteiger partial charge in [-0.05, 0) is 80.3 Å². The molecule has 30 heavy (non-hydrogen) atoms. The first-order valence-corrected chi connectivity index (χ1v) is 11.7. The highest BCUT2D eigenvalue weighted by Gasteiger charge is 2.17. The quantitative estimate of drug-likeness (QED) is 0.411. The summed E-state index contributed by atoms with van der Waals surface area (Å²) in [6, 6.07) is 13.2. The van der Waals surface area contributed by atoms with Crippen LogP contribution in [0.1, 0.15) is 87.8 Å². The van der Waals surface area contributed by atoms with Crippen LogP contribution in [0.25, 0.3) is 5.57 Å². The number of hydrogen-bond acceptors (Lipinski definition) is 1. The van der Waals surface area contributed by atoms with Gasteiger partial charge in [-0.25, -0.2) is 0 Å². The fraction of sp³-hybridized carbons (Fsp3) is 0.483. The van der Waals surface area contributed by atoms with Gasteiger partial charge < -0.3 is 0 Å². The summed E-state index contributed by atoms with van der Waals surface area (Å²) in [4.78, 5) is 13.0. The molecule has 0 radical (unpaired) electrons. The summed E-state index contributed by atoms with van der Waals surface area (Å²) in [5.74, 6) is 0.352. The summed E-state index contributed by atoms with van der Waals surface area (Å²) in [5, 5.41) is 0. The molecule has 2 aromatic carbocycles. The Kier molecular flexibility index (Phi) is 11.4. The van der Waals surface area contributed by atoms with E-state index in [0.717, 1.165) is 12.8 Å². The van der Waals surface area contributed by atoms with Gasteiger partial charge in [0.05, 0.1) is 0 Å². The number of Topliss-reactive ketones (excluding diaryl/α,β-unsaturated/α-hetero) is 1. The largest absolute Gasteiger partial charge is 0.299 e. The van der Waals surface area contributed by atoms with Gasteiger partial charge >= 0.3 is 0 Å². The van der Waals surface area contributed by atoms with Crippen molar-refractivity contribution in [2.24, 2.45) is 5.92 Å². The number of hydrogen-bond donors (Lipinski definition) is 0. The Hall–Kier alpha value is -2.15. The molecule has 0 heterocycles. The number of aryl methyl sites for hydroxylation is 3. The van der Waals surface area contributed by atoms with Crippen LogP contribution in [0.15, 0.2) is 42.5 Å². The van der Waals surface area contributed by atoms with E-state index in [9.17, 15) is 4.79 Å². The molecule has 164 valence electrons. The highest BCUT2D eigenvalue weighted by molar-refractivity contribution is 5.84. The number of benzene rings is 2. The lowest BCUT2D eigenvalue weighted by atomic mass is 9.87. The van der Waals surface area contributed by atoms with Crippen molar-refractivity contribution >= 4 is 11.4 Å². The van der Waals surface area contributed by atoms with Crippen LogP contribution >= 0.6 is 0 Å². The molecule has 0 aliphatic carbocycles. The van der Waals surface area contributed by atoms with Crippen molar-refractivity contribution in [3.63, 3.8) is 0 Å². The number of ketones is 1. The smallest absolute Gasteiger partial charge is 0.140 e. The summed E-state index contributed by atoms with van der Waals surface area (Å²) in [6.45, 7) is 16.8. The molecular weight excluding hydrogens is 364 g/mol. The number of unbranched alkanes of at least 4 members (excludes halogenated alkanes) is 1. The minimum Gasteiger partial charge on any atom is -0.299 e. The van der Waals surface area contributed by atoms with E-state index in [2.05, 4.69) is 84.0 Å². The van der Waals surface area contributed by atoms with E-state index in [1.165, 1.54) is 51.8 Å². The summed E-state index contributed by atoms with van der Waals surface area (Å²) >= 11 is 0. The first-order valence-electron chi connectivity index (χ1n) is 11.7. The van der Waals surface area contributed by atoms with Crippen LogP contribution in [0.3, 0.4) is 0 Å². The Morgan fingerprint density at radius 2 is 1.73 bits per heavy atom. The molecule has 0 saturated carbocycles. The van der Waals surface area contributed by atoms with Gasteiger partial charge in [-0.15, -0.1) is 0 Å². The summed E-state index contributed by atoms with van der Waals surface area (Å²) < 4.78 is 0. The average Bonchev–Trinajstić information content (AvgIpc) is 2.76. The van der Waals surface area contributed by atoms with E-state index < -0.39 is 0 Å². The molecule has 1 atom stereocenters. The first kappa shape index (κ1) is 25.9. The maximum absolute atomic E-state index is 13.0. The van der Waals surface area contributed by atoms with Crippen molar-refractivity contribution in [3.8, 4) is 0 Å². The maximum Gasteiger partial charge on any atom is 0.140 e. The molecule has 0 bridgehead atoms. The van der Waals surface area contributed by atoms with Crippen LogP contribution in [0.4, 0.5) is 0 Å². The lowest BCUT2D eigenvalue weighted by Crippen LogP contribution is -2.17. The molecule has 0 aliphatic rings. The number of allylic oxidation sites excluding steroid dienone is 2. The van der Waals surface area contributed by atoms with Crippen LogP contribution in [0.2, 0.25) is 0 Å². The third-order valence-electron chi connectivity index (χ3n) is 5.80. The highest BCUT2D eigenvalue weighted by atomic mass is 16.1. The van der Waals surface area contributed by atoms with Gasteiger partial charge in [0.2, 0.25) is 0 Å². The van der Waals surface area contributed by atoms with Gasteiger partial charge in [-0.1, -0.05) is 82.2 Å². The van der Waals surface area contributed by atoms with Crippen molar-refractivity contribution in [2.45, 2.75) is 87.5 Å². The fourth-order valence-electron chi connectivity index (χ4n) is 3.65. The van der Waals surface area contributed by atoms with Crippen LogP contribution in [-0.2, 0) is 24.1 Å². The van der Waals surface area contributed by atoms with Crippen molar-refractivity contribution in [1.82, 2.24) is 0 Å². The zero-order valence-electron chi connectivity index (χ0n) is 20.6. The Morgan fingerprint density at radius 1 is 1.03 bits per heavy atom. The zero-order chi connectivity index (χ0) is 22.7. The van der Waals surface area contributed by atoms with Gasteiger partial charge in [0.15, 0.2) is 0 Å². The van der Waals surface area contributed by atoms with Crippen LogP contribution in [-0.4, -0.2) is 5.78 Å². The summed E-state index contributed by atoms with van der Waals surface area (Å²) in [5.41, 5.74) is 8.86. The summed E-state index contributed by atoms with van der Waals surface area (Å²) in [7, 11) is 0. The fourth-order valence-corrected chi connectivity index (χ4v) is 3.65. The molecule has 1 unspecified atom stereocenters. The lowest BCUT2D eigenvalue weighted by molar-refractivity contribution is -0.121. The Bertz CT molecular complexity index is 841. The molecule has 0 spiro atoms. The molecule has 0 amide bonds. The average molecular weight is 407 g/mol. The standard InChI is InChI=1S/C27H36O.C2H6/c1-7-9-10-23-13-12-21(5)25(17-23)18-27(28)22(6)16-24-14-11-19(3)15-26(24)20(4)8-2;1-2/h8,11-15,17,22H,7,9-10,16,18H2,1-6H3;1-2H3/b20-8-;. The number of carbonyl (C=O) groups excluding carboxylic acids is 1. The normalized spacial score (nSPS) is 12.2. The molecule has 0 aliphatic heterocycles. The van der Waals surface area contributed by atoms with E-state index in [0.29, 0.717) is 12.2 Å². The maximum atomic E-state index is 13.0. The lowest BCUT2D eigenvalue weighted by Gasteiger charge is -2.16. The molecule has 0 saturated heterocycles. The van der Waals surface area contributed by atoms with Crippen LogP contribution in [0, 0.1) is 19.8 Å². The molecule has 1 heteroatoms. The van der Waals surface area contributed by atoms with Crippen LogP contribution < -0.4 is 0 Å². The van der Waals surface area contributed by atoms with E-state index in [1.807, 2.05) is 13.8 Å². The SMILES string of the molecule is C/C=C(/C)c1cc(C)ccc1CC(C)C(=O)Cc1cc(CCCC)ccc1C.CC. The van der Waals surface area contributed by atoms with E-state index in [-0.39, 0.29) is 5.92 Å². The Labute approximate surface area is 185 Å².